The minimum Gasteiger partial charge on any atom is -0.381 e. The standard InChI is InChI=1S/C22H37ClO2/c1-14-6-7-16-12-18-15(2)8-11-22(25,19(24)13-23)21(18,5)10-9-17(14)20(16,3)4/h14-18,25H,6-13H2,1-5H3/t14-,15-,16+,17+,18-,21+,22?/m1/s1. The van der Waals surface area contributed by atoms with Crippen LogP contribution >= 0.6 is 11.6 Å². The maximum absolute atomic E-state index is 12.7. The lowest BCUT2D eigenvalue weighted by atomic mass is 9.45. The summed E-state index contributed by atoms with van der Waals surface area (Å²) in [5.41, 5.74) is -1.20. The van der Waals surface area contributed by atoms with E-state index < -0.39 is 5.60 Å². The fourth-order valence-corrected chi connectivity index (χ4v) is 7.45. The van der Waals surface area contributed by atoms with E-state index in [9.17, 15) is 9.90 Å². The van der Waals surface area contributed by atoms with Gasteiger partial charge in [-0.05, 0) is 73.5 Å². The molecule has 1 N–H and O–H groups in total. The van der Waals surface area contributed by atoms with E-state index >= 15 is 0 Å². The minimum atomic E-state index is -1.23. The Bertz CT molecular complexity index is 530. The molecule has 144 valence electrons. The van der Waals surface area contributed by atoms with Gasteiger partial charge in [-0.3, -0.25) is 4.79 Å². The van der Waals surface area contributed by atoms with Crippen molar-refractivity contribution in [2.24, 2.45) is 40.4 Å². The highest BCUT2D eigenvalue weighted by molar-refractivity contribution is 6.28. The Morgan fingerprint density at radius 3 is 2.28 bits per heavy atom. The van der Waals surface area contributed by atoms with Crippen LogP contribution < -0.4 is 0 Å². The normalized spacial score (nSPS) is 49.6. The Balaban J connectivity index is 2.03. The Hall–Kier alpha value is -0.0800. The SMILES string of the molecule is C[C@@H]1CCC(O)(C(=O)CCl)[C@@]2(C)CC[C@H]3[C@H](C)CC[C@@H](C[C@H]12)C3(C)C. The van der Waals surface area contributed by atoms with Gasteiger partial charge in [0, 0.05) is 5.41 Å². The second kappa shape index (κ2) is 6.51. The smallest absolute Gasteiger partial charge is 0.179 e. The van der Waals surface area contributed by atoms with Crippen LogP contribution in [0.2, 0.25) is 0 Å². The van der Waals surface area contributed by atoms with Gasteiger partial charge in [0.05, 0.1) is 5.88 Å². The minimum absolute atomic E-state index is 0.0675. The second-order valence-corrected chi connectivity index (χ2v) is 10.7. The highest BCUT2D eigenvalue weighted by atomic mass is 35.5. The molecule has 25 heavy (non-hydrogen) atoms. The van der Waals surface area contributed by atoms with E-state index in [-0.39, 0.29) is 17.1 Å². The molecule has 3 aliphatic rings. The van der Waals surface area contributed by atoms with Gasteiger partial charge in [-0.25, -0.2) is 0 Å². The van der Waals surface area contributed by atoms with Crippen LogP contribution in [0.5, 0.6) is 0 Å². The lowest BCUT2D eigenvalue weighted by Crippen LogP contribution is -2.62. The number of hydrogen-bond acceptors (Lipinski definition) is 2. The molecule has 0 aromatic rings. The summed E-state index contributed by atoms with van der Waals surface area (Å²) in [6, 6.07) is 0. The molecule has 3 fully saturated rings. The zero-order valence-corrected chi connectivity index (χ0v) is 17.5. The van der Waals surface area contributed by atoms with Crippen LogP contribution in [0.3, 0.4) is 0 Å². The summed E-state index contributed by atoms with van der Waals surface area (Å²) in [5, 5.41) is 11.6. The van der Waals surface area contributed by atoms with Gasteiger partial charge in [0.25, 0.3) is 0 Å². The van der Waals surface area contributed by atoms with Crippen LogP contribution in [0, 0.1) is 40.4 Å². The third-order valence-electron chi connectivity index (χ3n) is 9.17. The summed E-state index contributed by atoms with van der Waals surface area (Å²) in [4.78, 5) is 12.7. The molecule has 3 aliphatic carbocycles. The molecule has 3 rings (SSSR count). The van der Waals surface area contributed by atoms with Gasteiger partial charge in [-0.15, -0.1) is 11.6 Å². The number of aliphatic hydroxyl groups is 1. The van der Waals surface area contributed by atoms with Crippen LogP contribution in [0.4, 0.5) is 0 Å². The van der Waals surface area contributed by atoms with Crippen LogP contribution in [-0.4, -0.2) is 22.4 Å². The molecule has 0 saturated heterocycles. The number of carbonyl (C=O) groups excluding carboxylic acids is 1. The predicted molar refractivity (Wildman–Crippen MR) is 104 cm³/mol. The van der Waals surface area contributed by atoms with E-state index in [1.54, 1.807) is 0 Å². The number of alkyl halides is 1. The Morgan fingerprint density at radius 1 is 1.00 bits per heavy atom. The van der Waals surface area contributed by atoms with E-state index in [1.807, 2.05) is 0 Å². The number of ketones is 1. The Kier molecular flexibility index (Phi) is 5.13. The van der Waals surface area contributed by atoms with Crippen molar-refractivity contribution in [3.63, 3.8) is 0 Å². The summed E-state index contributed by atoms with van der Waals surface area (Å²) < 4.78 is 0. The van der Waals surface area contributed by atoms with Crippen molar-refractivity contribution in [3.05, 3.63) is 0 Å². The largest absolute Gasteiger partial charge is 0.381 e. The second-order valence-electron chi connectivity index (χ2n) is 10.4. The van der Waals surface area contributed by atoms with E-state index in [0.717, 1.165) is 31.6 Å². The average Bonchev–Trinajstić information content (AvgIpc) is 2.55. The van der Waals surface area contributed by atoms with Gasteiger partial charge in [0.1, 0.15) is 5.60 Å². The molecule has 7 atom stereocenters. The lowest BCUT2D eigenvalue weighted by Gasteiger charge is -2.60. The molecule has 0 amide bonds. The zero-order chi connectivity index (χ0) is 18.6. The van der Waals surface area contributed by atoms with Crippen LogP contribution in [0.25, 0.3) is 0 Å². The fraction of sp³-hybridized carbons (Fsp3) is 0.955. The maximum atomic E-state index is 12.7. The topological polar surface area (TPSA) is 37.3 Å². The number of halogens is 1. The first-order valence-electron chi connectivity index (χ1n) is 10.4. The molecule has 2 bridgehead atoms. The van der Waals surface area contributed by atoms with E-state index in [0.29, 0.717) is 35.5 Å². The predicted octanol–water partition coefficient (Wildman–Crippen LogP) is 5.45. The van der Waals surface area contributed by atoms with E-state index in [4.69, 9.17) is 11.6 Å². The van der Waals surface area contributed by atoms with Crippen molar-refractivity contribution in [2.75, 3.05) is 5.88 Å². The molecule has 0 aromatic heterocycles. The van der Waals surface area contributed by atoms with Gasteiger partial charge in [-0.2, -0.15) is 0 Å². The first-order valence-corrected chi connectivity index (χ1v) is 10.9. The number of carbonyl (C=O) groups is 1. The third kappa shape index (κ3) is 2.81. The van der Waals surface area contributed by atoms with E-state index in [2.05, 4.69) is 34.6 Å². The van der Waals surface area contributed by atoms with Crippen molar-refractivity contribution in [3.8, 4) is 0 Å². The summed E-state index contributed by atoms with van der Waals surface area (Å²) in [5.74, 6) is 2.90. The highest BCUT2D eigenvalue weighted by Gasteiger charge is 2.61. The van der Waals surface area contributed by atoms with Crippen molar-refractivity contribution in [1.82, 2.24) is 0 Å². The molecule has 1 unspecified atom stereocenters. The number of rotatable bonds is 2. The number of fused-ring (bicyclic) bond motifs is 3. The monoisotopic (exact) mass is 368 g/mol. The van der Waals surface area contributed by atoms with Crippen LogP contribution in [-0.2, 0) is 4.79 Å². The van der Waals surface area contributed by atoms with Crippen molar-refractivity contribution < 1.29 is 9.90 Å². The van der Waals surface area contributed by atoms with Gasteiger partial charge in [0.15, 0.2) is 5.78 Å². The molecular weight excluding hydrogens is 332 g/mol. The quantitative estimate of drug-likeness (QED) is 0.658. The summed E-state index contributed by atoms with van der Waals surface area (Å²) >= 11 is 5.93. The summed E-state index contributed by atoms with van der Waals surface area (Å²) in [7, 11) is 0. The molecule has 3 saturated carbocycles. The van der Waals surface area contributed by atoms with Gasteiger partial charge in [-0.1, -0.05) is 41.0 Å². The number of Topliss-reactive ketones (excluding diaryl/α,β-unsaturated/α-hetero) is 1. The molecule has 0 aromatic carbocycles. The van der Waals surface area contributed by atoms with E-state index in [1.165, 1.54) is 12.8 Å². The zero-order valence-electron chi connectivity index (χ0n) is 16.8. The third-order valence-corrected chi connectivity index (χ3v) is 9.42. The van der Waals surface area contributed by atoms with Gasteiger partial charge < -0.3 is 5.11 Å². The van der Waals surface area contributed by atoms with Gasteiger partial charge >= 0.3 is 0 Å². The van der Waals surface area contributed by atoms with Crippen molar-refractivity contribution >= 4 is 17.4 Å². The molecule has 0 spiro atoms. The van der Waals surface area contributed by atoms with Gasteiger partial charge in [0.2, 0.25) is 0 Å². The fourth-order valence-electron chi connectivity index (χ4n) is 7.22. The van der Waals surface area contributed by atoms with Crippen molar-refractivity contribution in [2.45, 2.75) is 85.2 Å². The lowest BCUT2D eigenvalue weighted by molar-refractivity contribution is -0.188. The van der Waals surface area contributed by atoms with Crippen LogP contribution in [0.15, 0.2) is 0 Å². The van der Waals surface area contributed by atoms with Crippen molar-refractivity contribution in [1.29, 1.82) is 0 Å². The first kappa shape index (κ1) is 19.7. The molecule has 0 heterocycles. The van der Waals surface area contributed by atoms with Crippen LogP contribution in [0.1, 0.15) is 79.6 Å². The first-order chi connectivity index (χ1) is 11.6. The average molecular weight is 369 g/mol. The molecule has 0 aliphatic heterocycles. The maximum Gasteiger partial charge on any atom is 0.179 e. The molecular formula is C22H37ClO2. The molecule has 2 nitrogen and oxygen atoms in total. The molecule has 3 heteroatoms. The summed E-state index contributed by atoms with van der Waals surface area (Å²) in [6.45, 7) is 11.9. The number of hydrogen-bond donors (Lipinski definition) is 1. The molecule has 0 radical (unpaired) electrons. The highest BCUT2D eigenvalue weighted by Crippen LogP contribution is 2.62. The Morgan fingerprint density at radius 2 is 1.64 bits per heavy atom. The Labute approximate surface area is 159 Å². The summed E-state index contributed by atoms with van der Waals surface area (Å²) in [6.07, 6.45) is 7.39.